The highest BCUT2D eigenvalue weighted by Crippen LogP contribution is 2.29. The third-order valence-corrected chi connectivity index (χ3v) is 4.46. The minimum atomic E-state index is -0.115. The van der Waals surface area contributed by atoms with E-state index in [2.05, 4.69) is 11.4 Å². The number of fused-ring (bicyclic) bond motifs is 1. The van der Waals surface area contributed by atoms with Gasteiger partial charge in [-0.15, -0.1) is 0 Å². The van der Waals surface area contributed by atoms with Crippen molar-refractivity contribution in [1.29, 1.82) is 0 Å². The van der Waals surface area contributed by atoms with Crippen LogP contribution in [0, 0.1) is 13.8 Å². The maximum atomic E-state index is 12.2. The second kappa shape index (κ2) is 6.86. The summed E-state index contributed by atoms with van der Waals surface area (Å²) in [6.07, 6.45) is 4.59. The molecular weight excluding hydrogens is 286 g/mol. The molecule has 0 spiro atoms. The van der Waals surface area contributed by atoms with E-state index in [9.17, 15) is 4.79 Å². The fourth-order valence-electron chi connectivity index (χ4n) is 3.21. The van der Waals surface area contributed by atoms with Gasteiger partial charge in [-0.25, -0.2) is 0 Å². The zero-order chi connectivity index (χ0) is 16.2. The number of aryl methyl sites for hydroxylation is 3. The normalized spacial score (nSPS) is 13.3. The van der Waals surface area contributed by atoms with Crippen LogP contribution in [0.1, 0.15) is 35.1 Å². The van der Waals surface area contributed by atoms with Crippen LogP contribution in [-0.4, -0.2) is 12.5 Å². The fourth-order valence-corrected chi connectivity index (χ4v) is 3.21. The molecule has 1 aliphatic carbocycles. The Balaban J connectivity index is 1.66. The number of para-hydroxylation sites is 1. The standard InChI is InChI=1S/C20H23NO2/c1-14-7-5-8-15(2)20(14)21-19(22)13-23-18-12-6-10-16-9-3-4-11-17(16)18/h5-8,10,12H,3-4,9,11,13H2,1-2H3,(H,21,22). The van der Waals surface area contributed by atoms with Crippen molar-refractivity contribution in [2.45, 2.75) is 39.5 Å². The molecular formula is C20H23NO2. The van der Waals surface area contributed by atoms with Crippen LogP contribution >= 0.6 is 0 Å². The summed E-state index contributed by atoms with van der Waals surface area (Å²) in [6.45, 7) is 4.04. The van der Waals surface area contributed by atoms with E-state index in [-0.39, 0.29) is 12.5 Å². The summed E-state index contributed by atoms with van der Waals surface area (Å²) in [5.41, 5.74) is 5.66. The van der Waals surface area contributed by atoms with Crippen molar-refractivity contribution < 1.29 is 9.53 Å². The van der Waals surface area contributed by atoms with E-state index in [0.717, 1.165) is 35.4 Å². The summed E-state index contributed by atoms with van der Waals surface area (Å²) in [6, 6.07) is 12.1. The van der Waals surface area contributed by atoms with Gasteiger partial charge < -0.3 is 10.1 Å². The van der Waals surface area contributed by atoms with E-state index >= 15 is 0 Å². The van der Waals surface area contributed by atoms with Gasteiger partial charge in [-0.2, -0.15) is 0 Å². The topological polar surface area (TPSA) is 38.3 Å². The summed E-state index contributed by atoms with van der Waals surface area (Å²) in [5, 5.41) is 2.96. The lowest BCUT2D eigenvalue weighted by atomic mass is 9.91. The number of amides is 1. The molecule has 0 aromatic heterocycles. The minimum Gasteiger partial charge on any atom is -0.483 e. The van der Waals surface area contributed by atoms with E-state index in [1.807, 2.05) is 44.2 Å². The summed E-state index contributed by atoms with van der Waals surface area (Å²) >= 11 is 0. The zero-order valence-electron chi connectivity index (χ0n) is 13.8. The number of rotatable bonds is 4. The largest absolute Gasteiger partial charge is 0.483 e. The molecule has 0 saturated heterocycles. The Bertz CT molecular complexity index is 701. The van der Waals surface area contributed by atoms with Gasteiger partial charge in [-0.05, 0) is 67.9 Å². The Labute approximate surface area is 137 Å². The Morgan fingerprint density at radius 2 is 1.74 bits per heavy atom. The van der Waals surface area contributed by atoms with Crippen molar-refractivity contribution in [3.05, 3.63) is 58.7 Å². The predicted octanol–water partition coefficient (Wildman–Crippen LogP) is 4.20. The van der Waals surface area contributed by atoms with Gasteiger partial charge in [0.1, 0.15) is 5.75 Å². The highest BCUT2D eigenvalue weighted by molar-refractivity contribution is 5.93. The van der Waals surface area contributed by atoms with Crippen molar-refractivity contribution in [3.63, 3.8) is 0 Å². The molecule has 1 aliphatic rings. The number of carbonyl (C=O) groups excluding carboxylic acids is 1. The number of anilines is 1. The quantitative estimate of drug-likeness (QED) is 0.919. The molecule has 0 heterocycles. The molecule has 2 aromatic rings. The van der Waals surface area contributed by atoms with Crippen molar-refractivity contribution in [3.8, 4) is 5.75 Å². The fraction of sp³-hybridized carbons (Fsp3) is 0.350. The molecule has 0 unspecified atom stereocenters. The summed E-state index contributed by atoms with van der Waals surface area (Å²) in [5.74, 6) is 0.745. The molecule has 120 valence electrons. The van der Waals surface area contributed by atoms with Crippen LogP contribution in [-0.2, 0) is 17.6 Å². The van der Waals surface area contributed by atoms with Gasteiger partial charge in [-0.1, -0.05) is 30.3 Å². The average Bonchev–Trinajstić information content (AvgIpc) is 2.56. The Morgan fingerprint density at radius 3 is 2.52 bits per heavy atom. The third-order valence-electron chi connectivity index (χ3n) is 4.46. The summed E-state index contributed by atoms with van der Waals surface area (Å²) in [7, 11) is 0. The van der Waals surface area contributed by atoms with Crippen LogP contribution in [0.5, 0.6) is 5.75 Å². The average molecular weight is 309 g/mol. The van der Waals surface area contributed by atoms with E-state index in [1.165, 1.54) is 24.0 Å². The first-order valence-electron chi connectivity index (χ1n) is 8.25. The molecule has 3 nitrogen and oxygen atoms in total. The molecule has 0 aliphatic heterocycles. The van der Waals surface area contributed by atoms with Crippen LogP contribution in [0.15, 0.2) is 36.4 Å². The Morgan fingerprint density at radius 1 is 1.04 bits per heavy atom. The van der Waals surface area contributed by atoms with E-state index in [4.69, 9.17) is 4.74 Å². The lowest BCUT2D eigenvalue weighted by Gasteiger charge is -2.19. The van der Waals surface area contributed by atoms with Crippen LogP contribution in [0.2, 0.25) is 0 Å². The lowest BCUT2D eigenvalue weighted by Crippen LogP contribution is -2.22. The van der Waals surface area contributed by atoms with Crippen LogP contribution < -0.4 is 10.1 Å². The van der Waals surface area contributed by atoms with Crippen molar-refractivity contribution in [1.82, 2.24) is 0 Å². The number of hydrogen-bond acceptors (Lipinski definition) is 2. The molecule has 1 N–H and O–H groups in total. The van der Waals surface area contributed by atoms with Gasteiger partial charge >= 0.3 is 0 Å². The van der Waals surface area contributed by atoms with Gasteiger partial charge in [0.2, 0.25) is 0 Å². The third kappa shape index (κ3) is 3.55. The highest BCUT2D eigenvalue weighted by Gasteiger charge is 2.15. The Hall–Kier alpha value is -2.29. The number of hydrogen-bond donors (Lipinski definition) is 1. The molecule has 0 fully saturated rings. The molecule has 23 heavy (non-hydrogen) atoms. The summed E-state index contributed by atoms with van der Waals surface area (Å²) < 4.78 is 5.81. The van der Waals surface area contributed by atoms with E-state index < -0.39 is 0 Å². The number of carbonyl (C=O) groups is 1. The monoisotopic (exact) mass is 309 g/mol. The molecule has 3 rings (SSSR count). The van der Waals surface area contributed by atoms with Crippen molar-refractivity contribution >= 4 is 11.6 Å². The molecule has 2 aromatic carbocycles. The molecule has 0 atom stereocenters. The first-order chi connectivity index (χ1) is 11.1. The first kappa shape index (κ1) is 15.6. The van der Waals surface area contributed by atoms with Crippen molar-refractivity contribution in [2.75, 3.05) is 11.9 Å². The maximum absolute atomic E-state index is 12.2. The smallest absolute Gasteiger partial charge is 0.262 e. The minimum absolute atomic E-state index is 0.0459. The molecule has 3 heteroatoms. The van der Waals surface area contributed by atoms with E-state index in [0.29, 0.717) is 0 Å². The number of ether oxygens (including phenoxy) is 1. The van der Waals surface area contributed by atoms with Gasteiger partial charge in [0.15, 0.2) is 6.61 Å². The zero-order valence-corrected chi connectivity index (χ0v) is 13.8. The van der Waals surface area contributed by atoms with Gasteiger partial charge in [0.25, 0.3) is 5.91 Å². The number of nitrogens with one attached hydrogen (secondary N) is 1. The molecule has 0 radical (unpaired) electrons. The van der Waals surface area contributed by atoms with Gasteiger partial charge in [0, 0.05) is 5.69 Å². The number of benzene rings is 2. The molecule has 0 saturated carbocycles. The van der Waals surface area contributed by atoms with Crippen LogP contribution in [0.25, 0.3) is 0 Å². The SMILES string of the molecule is Cc1cccc(C)c1NC(=O)COc1cccc2c1CCCC2. The van der Waals surface area contributed by atoms with Crippen molar-refractivity contribution in [2.24, 2.45) is 0 Å². The first-order valence-corrected chi connectivity index (χ1v) is 8.25. The Kier molecular flexibility index (Phi) is 4.65. The van der Waals surface area contributed by atoms with Gasteiger partial charge in [0.05, 0.1) is 0 Å². The second-order valence-electron chi connectivity index (χ2n) is 6.20. The predicted molar refractivity (Wildman–Crippen MR) is 93.1 cm³/mol. The second-order valence-corrected chi connectivity index (χ2v) is 6.20. The summed E-state index contributed by atoms with van der Waals surface area (Å²) in [4.78, 5) is 12.2. The highest BCUT2D eigenvalue weighted by atomic mass is 16.5. The maximum Gasteiger partial charge on any atom is 0.262 e. The van der Waals surface area contributed by atoms with Gasteiger partial charge in [-0.3, -0.25) is 4.79 Å². The van der Waals surface area contributed by atoms with E-state index in [1.54, 1.807) is 0 Å². The van der Waals surface area contributed by atoms with Crippen LogP contribution in [0.4, 0.5) is 5.69 Å². The van der Waals surface area contributed by atoms with Crippen LogP contribution in [0.3, 0.4) is 0 Å². The lowest BCUT2D eigenvalue weighted by molar-refractivity contribution is -0.118. The molecule has 1 amide bonds. The molecule has 0 bridgehead atoms.